The van der Waals surface area contributed by atoms with E-state index >= 15 is 0 Å². The molecular formula is C26H34O3Si. The molecule has 0 fully saturated rings. The van der Waals surface area contributed by atoms with Crippen molar-refractivity contribution in [3.8, 4) is 0 Å². The molecule has 0 aromatic heterocycles. The molecule has 0 heterocycles. The van der Waals surface area contributed by atoms with Crippen LogP contribution in [0.1, 0.15) is 31.9 Å². The number of hydrogen-bond donors (Lipinski definition) is 0. The molecular weight excluding hydrogens is 388 g/mol. The summed E-state index contributed by atoms with van der Waals surface area (Å²) in [7, 11) is -0.702. The Bertz CT molecular complexity index is 849. The van der Waals surface area contributed by atoms with E-state index in [9.17, 15) is 4.79 Å². The van der Waals surface area contributed by atoms with E-state index in [-0.39, 0.29) is 11.0 Å². The number of carbonyl (C=O) groups is 1. The molecule has 0 unspecified atom stereocenters. The molecule has 3 nitrogen and oxygen atoms in total. The molecule has 4 heteroatoms. The fourth-order valence-electron chi connectivity index (χ4n) is 2.76. The van der Waals surface area contributed by atoms with Crippen LogP contribution in [0.5, 0.6) is 0 Å². The zero-order chi connectivity index (χ0) is 22.2. The minimum Gasteiger partial charge on any atom is -0.468 e. The SMILES string of the molecule is COC(=O)[C@@H](/C=C/c1ccccc1)[C@@H](/C=C/c1ccccc1)O[Si](C)(C)C(C)(C)C. The molecule has 0 radical (unpaired) electrons. The van der Waals surface area contributed by atoms with Crippen molar-refractivity contribution in [2.45, 2.75) is 45.0 Å². The number of carbonyl (C=O) groups excluding carboxylic acids is 1. The summed E-state index contributed by atoms with van der Waals surface area (Å²) in [6, 6.07) is 20.0. The van der Waals surface area contributed by atoms with Gasteiger partial charge in [0.1, 0.15) is 5.92 Å². The van der Waals surface area contributed by atoms with E-state index in [1.54, 1.807) is 0 Å². The molecule has 30 heavy (non-hydrogen) atoms. The molecule has 160 valence electrons. The summed E-state index contributed by atoms with van der Waals surface area (Å²) in [5, 5.41) is 0.0235. The molecule has 0 N–H and O–H groups in total. The van der Waals surface area contributed by atoms with E-state index in [1.807, 2.05) is 85.0 Å². The van der Waals surface area contributed by atoms with Crippen LogP contribution in [-0.4, -0.2) is 27.5 Å². The number of methoxy groups -OCH3 is 1. The van der Waals surface area contributed by atoms with Gasteiger partial charge < -0.3 is 9.16 Å². The second-order valence-corrected chi connectivity index (χ2v) is 13.7. The minimum absolute atomic E-state index is 0.0235. The Morgan fingerprint density at radius 3 is 1.77 bits per heavy atom. The van der Waals surface area contributed by atoms with E-state index < -0.39 is 20.3 Å². The van der Waals surface area contributed by atoms with Crippen LogP contribution in [0.2, 0.25) is 18.1 Å². The van der Waals surface area contributed by atoms with Crippen LogP contribution < -0.4 is 0 Å². The Hall–Kier alpha value is -2.43. The highest BCUT2D eigenvalue weighted by Crippen LogP contribution is 2.38. The minimum atomic E-state index is -2.13. The second kappa shape index (κ2) is 10.6. The third-order valence-electron chi connectivity index (χ3n) is 5.64. The average molecular weight is 423 g/mol. The van der Waals surface area contributed by atoms with Gasteiger partial charge in [0.05, 0.1) is 13.2 Å². The third kappa shape index (κ3) is 6.82. The number of hydrogen-bond acceptors (Lipinski definition) is 3. The Labute approximate surface area is 182 Å². The summed E-state index contributed by atoms with van der Waals surface area (Å²) in [6.45, 7) is 11.0. The highest BCUT2D eigenvalue weighted by atomic mass is 28.4. The first-order valence-corrected chi connectivity index (χ1v) is 13.3. The molecule has 0 saturated heterocycles. The fourth-order valence-corrected chi connectivity index (χ4v) is 4.02. The monoisotopic (exact) mass is 422 g/mol. The maximum absolute atomic E-state index is 12.7. The van der Waals surface area contributed by atoms with Gasteiger partial charge >= 0.3 is 5.97 Å². The maximum atomic E-state index is 12.7. The summed E-state index contributed by atoms with van der Waals surface area (Å²) >= 11 is 0. The van der Waals surface area contributed by atoms with Crippen LogP contribution in [0.3, 0.4) is 0 Å². The Balaban J connectivity index is 2.41. The first-order valence-electron chi connectivity index (χ1n) is 10.4. The first kappa shape index (κ1) is 23.8. The average Bonchev–Trinajstić information content (AvgIpc) is 2.72. The lowest BCUT2D eigenvalue weighted by Crippen LogP contribution is -2.46. The normalized spacial score (nSPS) is 14.7. The molecule has 0 amide bonds. The van der Waals surface area contributed by atoms with Crippen molar-refractivity contribution in [2.24, 2.45) is 5.92 Å². The third-order valence-corrected chi connectivity index (χ3v) is 10.1. The molecule has 0 aliphatic heterocycles. The van der Waals surface area contributed by atoms with Crippen LogP contribution in [0, 0.1) is 5.92 Å². The Morgan fingerprint density at radius 1 is 0.867 bits per heavy atom. The molecule has 0 spiro atoms. The predicted octanol–water partition coefficient (Wildman–Crippen LogP) is 6.59. The summed E-state index contributed by atoms with van der Waals surface area (Å²) in [5.41, 5.74) is 2.10. The van der Waals surface area contributed by atoms with Crippen LogP contribution in [0.25, 0.3) is 12.2 Å². The Kier molecular flexibility index (Phi) is 8.39. The maximum Gasteiger partial charge on any atom is 0.315 e. The molecule has 2 atom stereocenters. The summed E-state index contributed by atoms with van der Waals surface area (Å²) in [6.07, 6.45) is 7.45. The van der Waals surface area contributed by atoms with Gasteiger partial charge in [-0.05, 0) is 29.3 Å². The standard InChI is InChI=1S/C26H34O3Si/c1-26(2,3)30(5,6)29-24(20-18-22-15-11-8-12-16-22)23(25(27)28-4)19-17-21-13-9-7-10-14-21/h7-20,23-24H,1-6H3/b19-17+,20-18+/t23-,24+/m0/s1. The smallest absolute Gasteiger partial charge is 0.315 e. The molecule has 0 aliphatic carbocycles. The van der Waals surface area contributed by atoms with Crippen molar-refractivity contribution < 1.29 is 14.0 Å². The van der Waals surface area contributed by atoms with Crippen LogP contribution in [0.15, 0.2) is 72.8 Å². The second-order valence-electron chi connectivity index (χ2n) is 8.93. The number of ether oxygens (including phenoxy) is 1. The van der Waals surface area contributed by atoms with Gasteiger partial charge in [0.25, 0.3) is 0 Å². The van der Waals surface area contributed by atoms with E-state index in [1.165, 1.54) is 7.11 Å². The summed E-state index contributed by atoms with van der Waals surface area (Å²) < 4.78 is 11.8. The van der Waals surface area contributed by atoms with Crippen molar-refractivity contribution >= 4 is 26.4 Å². The zero-order valence-electron chi connectivity index (χ0n) is 19.0. The van der Waals surface area contributed by atoms with Gasteiger partial charge in [-0.2, -0.15) is 0 Å². The fraction of sp³-hybridized carbons (Fsp3) is 0.346. The van der Waals surface area contributed by atoms with Crippen LogP contribution in [-0.2, 0) is 14.0 Å². The Morgan fingerprint density at radius 2 is 1.33 bits per heavy atom. The number of rotatable bonds is 8. The lowest BCUT2D eigenvalue weighted by Gasteiger charge is -2.39. The molecule has 0 aliphatic rings. The topological polar surface area (TPSA) is 35.5 Å². The van der Waals surface area contributed by atoms with Crippen molar-refractivity contribution in [2.75, 3.05) is 7.11 Å². The highest BCUT2D eigenvalue weighted by Gasteiger charge is 2.41. The largest absolute Gasteiger partial charge is 0.468 e. The van der Waals surface area contributed by atoms with Crippen LogP contribution >= 0.6 is 0 Å². The van der Waals surface area contributed by atoms with E-state index in [0.29, 0.717) is 0 Å². The van der Waals surface area contributed by atoms with Gasteiger partial charge in [-0.1, -0.05) is 106 Å². The van der Waals surface area contributed by atoms with Crippen molar-refractivity contribution in [3.05, 3.63) is 83.9 Å². The molecule has 2 aromatic rings. The van der Waals surface area contributed by atoms with Gasteiger partial charge in [-0.3, -0.25) is 4.79 Å². The molecule has 0 bridgehead atoms. The summed E-state index contributed by atoms with van der Waals surface area (Å²) in [5.74, 6) is -0.840. The predicted molar refractivity (Wildman–Crippen MR) is 129 cm³/mol. The highest BCUT2D eigenvalue weighted by molar-refractivity contribution is 6.74. The summed E-state index contributed by atoms with van der Waals surface area (Å²) in [4.78, 5) is 12.7. The molecule has 2 rings (SSSR count). The van der Waals surface area contributed by atoms with E-state index in [2.05, 4.69) is 33.9 Å². The van der Waals surface area contributed by atoms with Gasteiger partial charge in [0, 0.05) is 0 Å². The zero-order valence-corrected chi connectivity index (χ0v) is 20.0. The van der Waals surface area contributed by atoms with Crippen molar-refractivity contribution in [1.82, 2.24) is 0 Å². The molecule has 2 aromatic carbocycles. The number of esters is 1. The van der Waals surface area contributed by atoms with Crippen molar-refractivity contribution in [3.63, 3.8) is 0 Å². The van der Waals surface area contributed by atoms with Gasteiger partial charge in [-0.15, -0.1) is 0 Å². The van der Waals surface area contributed by atoms with Gasteiger partial charge in [0.15, 0.2) is 8.32 Å². The lowest BCUT2D eigenvalue weighted by molar-refractivity contribution is -0.145. The van der Waals surface area contributed by atoms with E-state index in [0.717, 1.165) is 11.1 Å². The number of benzene rings is 2. The molecule has 0 saturated carbocycles. The van der Waals surface area contributed by atoms with E-state index in [4.69, 9.17) is 9.16 Å². The van der Waals surface area contributed by atoms with Gasteiger partial charge in [-0.25, -0.2) is 0 Å². The van der Waals surface area contributed by atoms with Crippen molar-refractivity contribution in [1.29, 1.82) is 0 Å². The lowest BCUT2D eigenvalue weighted by atomic mass is 9.99. The quantitative estimate of drug-likeness (QED) is 0.355. The van der Waals surface area contributed by atoms with Gasteiger partial charge in [0.2, 0.25) is 0 Å². The first-order chi connectivity index (χ1) is 14.1. The van der Waals surface area contributed by atoms with Crippen LogP contribution in [0.4, 0.5) is 0 Å².